The molecule has 0 spiro atoms. The number of aromatic nitrogens is 2. The highest BCUT2D eigenvalue weighted by atomic mass is 16.2. The zero-order chi connectivity index (χ0) is 18.5. The van der Waals surface area contributed by atoms with Gasteiger partial charge in [0.1, 0.15) is 5.69 Å². The van der Waals surface area contributed by atoms with E-state index in [2.05, 4.69) is 34.4 Å². The van der Waals surface area contributed by atoms with Crippen LogP contribution in [0.1, 0.15) is 75.7 Å². The highest BCUT2D eigenvalue weighted by molar-refractivity contribution is 5.92. The van der Waals surface area contributed by atoms with Crippen molar-refractivity contribution in [2.75, 3.05) is 0 Å². The fraction of sp³-hybridized carbons (Fsp3) is 0.750. The first-order valence-electron chi connectivity index (χ1n) is 10.1. The number of hydrogen-bond donors (Lipinski definition) is 3. The first-order valence-corrected chi connectivity index (χ1v) is 10.1. The Kier molecular flexibility index (Phi) is 6.33. The van der Waals surface area contributed by atoms with Crippen molar-refractivity contribution in [3.63, 3.8) is 0 Å². The van der Waals surface area contributed by atoms with Crippen LogP contribution in [0.15, 0.2) is 12.5 Å². The number of nitrogens with zero attached hydrogens (tertiary/aromatic N) is 1. The summed E-state index contributed by atoms with van der Waals surface area (Å²) in [6, 6.07) is 0.0291. The maximum absolute atomic E-state index is 12.8. The van der Waals surface area contributed by atoms with Crippen molar-refractivity contribution in [3.05, 3.63) is 18.2 Å². The molecule has 0 saturated heterocycles. The third-order valence-corrected chi connectivity index (χ3v) is 6.24. The molecule has 6 nitrogen and oxygen atoms in total. The van der Waals surface area contributed by atoms with Crippen LogP contribution in [0.5, 0.6) is 0 Å². The predicted molar refractivity (Wildman–Crippen MR) is 101 cm³/mol. The minimum absolute atomic E-state index is 0.00416. The summed E-state index contributed by atoms with van der Waals surface area (Å²) < 4.78 is 0. The second-order valence-corrected chi connectivity index (χ2v) is 8.30. The number of hydrogen-bond acceptors (Lipinski definition) is 3. The van der Waals surface area contributed by atoms with Gasteiger partial charge in [-0.05, 0) is 50.4 Å². The molecule has 26 heavy (non-hydrogen) atoms. The predicted octanol–water partition coefficient (Wildman–Crippen LogP) is 3.03. The molecule has 1 aromatic rings. The number of carbonyl (C=O) groups excluding carboxylic acids is 2. The summed E-state index contributed by atoms with van der Waals surface area (Å²) in [4.78, 5) is 31.8. The summed E-state index contributed by atoms with van der Waals surface area (Å²) in [6.45, 7) is 4.56. The topological polar surface area (TPSA) is 86.9 Å². The lowest BCUT2D eigenvalue weighted by molar-refractivity contribution is -0.127. The summed E-state index contributed by atoms with van der Waals surface area (Å²) in [6.07, 6.45) is 11.3. The minimum atomic E-state index is -0.147. The maximum atomic E-state index is 12.8. The van der Waals surface area contributed by atoms with E-state index in [1.165, 1.54) is 12.5 Å². The van der Waals surface area contributed by atoms with Gasteiger partial charge in [0, 0.05) is 18.0 Å². The van der Waals surface area contributed by atoms with Crippen LogP contribution in [0, 0.1) is 17.8 Å². The van der Waals surface area contributed by atoms with Crippen LogP contribution >= 0.6 is 0 Å². The highest BCUT2D eigenvalue weighted by Crippen LogP contribution is 2.33. The molecule has 0 radical (unpaired) electrons. The molecule has 0 bridgehead atoms. The Morgan fingerprint density at radius 1 is 1.04 bits per heavy atom. The van der Waals surface area contributed by atoms with E-state index in [4.69, 9.17) is 0 Å². The SMILES string of the molecule is CC(C)C1CCC(C(=O)N[C@H]2CCCC[C@H]2NC(=O)c2cnc[nH]2)CC1. The van der Waals surface area contributed by atoms with Crippen molar-refractivity contribution in [2.45, 2.75) is 77.3 Å². The molecule has 0 unspecified atom stereocenters. The lowest BCUT2D eigenvalue weighted by atomic mass is 9.76. The van der Waals surface area contributed by atoms with E-state index in [0.717, 1.165) is 57.3 Å². The number of nitrogens with one attached hydrogen (secondary N) is 3. The van der Waals surface area contributed by atoms with Crippen LogP contribution in [0.25, 0.3) is 0 Å². The van der Waals surface area contributed by atoms with Gasteiger partial charge in [0.05, 0.1) is 12.5 Å². The zero-order valence-electron chi connectivity index (χ0n) is 16.0. The fourth-order valence-electron chi connectivity index (χ4n) is 4.45. The fourth-order valence-corrected chi connectivity index (χ4v) is 4.45. The summed E-state index contributed by atoms with van der Waals surface area (Å²) in [5.74, 6) is 1.64. The molecule has 1 heterocycles. The minimum Gasteiger partial charge on any atom is -0.351 e. The molecule has 0 aromatic carbocycles. The van der Waals surface area contributed by atoms with Gasteiger partial charge in [0.2, 0.25) is 5.91 Å². The summed E-state index contributed by atoms with van der Waals surface area (Å²) in [5, 5.41) is 6.33. The van der Waals surface area contributed by atoms with E-state index in [9.17, 15) is 9.59 Å². The second kappa shape index (κ2) is 8.69. The maximum Gasteiger partial charge on any atom is 0.269 e. The number of H-pyrrole nitrogens is 1. The molecule has 1 aromatic heterocycles. The van der Waals surface area contributed by atoms with Crippen LogP contribution in [0.3, 0.4) is 0 Å². The number of imidazole rings is 1. The number of carbonyl (C=O) groups is 2. The highest BCUT2D eigenvalue weighted by Gasteiger charge is 2.32. The molecule has 3 N–H and O–H groups in total. The lowest BCUT2D eigenvalue weighted by Crippen LogP contribution is -2.54. The molecule has 0 aliphatic heterocycles. The van der Waals surface area contributed by atoms with E-state index in [1.54, 1.807) is 0 Å². The van der Waals surface area contributed by atoms with Gasteiger partial charge < -0.3 is 15.6 Å². The summed E-state index contributed by atoms with van der Waals surface area (Å²) in [5.41, 5.74) is 0.465. The summed E-state index contributed by atoms with van der Waals surface area (Å²) >= 11 is 0. The Morgan fingerprint density at radius 2 is 1.69 bits per heavy atom. The Hall–Kier alpha value is -1.85. The standard InChI is InChI=1S/C20H32N4O2/c1-13(2)14-7-9-15(10-8-14)19(25)23-16-5-3-4-6-17(16)24-20(26)18-11-21-12-22-18/h11-17H,3-10H2,1-2H3,(H,21,22)(H,23,25)(H,24,26)/t14?,15?,16-,17+/m0/s1. The van der Waals surface area contributed by atoms with Gasteiger partial charge >= 0.3 is 0 Å². The number of aromatic amines is 1. The van der Waals surface area contributed by atoms with Crippen LogP contribution in [-0.4, -0.2) is 33.9 Å². The van der Waals surface area contributed by atoms with Gasteiger partial charge in [-0.2, -0.15) is 0 Å². The van der Waals surface area contributed by atoms with Crippen molar-refractivity contribution in [2.24, 2.45) is 17.8 Å². The van der Waals surface area contributed by atoms with Crippen molar-refractivity contribution in [3.8, 4) is 0 Å². The Morgan fingerprint density at radius 3 is 2.27 bits per heavy atom. The van der Waals surface area contributed by atoms with Crippen LogP contribution < -0.4 is 10.6 Å². The van der Waals surface area contributed by atoms with E-state index in [1.807, 2.05) is 0 Å². The largest absolute Gasteiger partial charge is 0.351 e. The molecule has 2 aliphatic rings. The van der Waals surface area contributed by atoms with E-state index in [0.29, 0.717) is 11.6 Å². The van der Waals surface area contributed by atoms with E-state index >= 15 is 0 Å². The second-order valence-electron chi connectivity index (χ2n) is 8.30. The van der Waals surface area contributed by atoms with Crippen molar-refractivity contribution >= 4 is 11.8 Å². The quantitative estimate of drug-likeness (QED) is 0.754. The molecule has 2 aliphatic carbocycles. The van der Waals surface area contributed by atoms with Crippen LogP contribution in [0.2, 0.25) is 0 Å². The van der Waals surface area contributed by atoms with Gasteiger partial charge in [-0.1, -0.05) is 26.7 Å². The Labute approximate surface area is 155 Å². The number of rotatable bonds is 5. The Bertz CT molecular complexity index is 591. The van der Waals surface area contributed by atoms with Gasteiger partial charge in [-0.25, -0.2) is 4.98 Å². The molecule has 2 amide bonds. The summed E-state index contributed by atoms with van der Waals surface area (Å²) in [7, 11) is 0. The van der Waals surface area contributed by atoms with Crippen molar-refractivity contribution < 1.29 is 9.59 Å². The first-order chi connectivity index (χ1) is 12.5. The molecular formula is C20H32N4O2. The third-order valence-electron chi connectivity index (χ3n) is 6.24. The van der Waals surface area contributed by atoms with Crippen LogP contribution in [0.4, 0.5) is 0 Å². The van der Waals surface area contributed by atoms with E-state index in [-0.39, 0.29) is 29.8 Å². The van der Waals surface area contributed by atoms with Crippen molar-refractivity contribution in [1.29, 1.82) is 0 Å². The molecule has 2 fully saturated rings. The molecule has 2 saturated carbocycles. The third kappa shape index (κ3) is 4.65. The molecule has 3 rings (SSSR count). The first kappa shape index (κ1) is 18.9. The average molecular weight is 361 g/mol. The van der Waals surface area contributed by atoms with Gasteiger partial charge in [-0.3, -0.25) is 9.59 Å². The lowest BCUT2D eigenvalue weighted by Gasteiger charge is -2.35. The molecule has 144 valence electrons. The molecule has 6 heteroatoms. The average Bonchev–Trinajstić information content (AvgIpc) is 3.18. The monoisotopic (exact) mass is 360 g/mol. The van der Waals surface area contributed by atoms with Crippen molar-refractivity contribution in [1.82, 2.24) is 20.6 Å². The van der Waals surface area contributed by atoms with E-state index < -0.39 is 0 Å². The van der Waals surface area contributed by atoms with Crippen LogP contribution in [-0.2, 0) is 4.79 Å². The normalized spacial score (nSPS) is 29.3. The van der Waals surface area contributed by atoms with Gasteiger partial charge in [-0.15, -0.1) is 0 Å². The smallest absolute Gasteiger partial charge is 0.269 e. The molecule has 2 atom stereocenters. The van der Waals surface area contributed by atoms with Gasteiger partial charge in [0.25, 0.3) is 5.91 Å². The number of amides is 2. The zero-order valence-corrected chi connectivity index (χ0v) is 16.0. The molecular weight excluding hydrogens is 328 g/mol. The van der Waals surface area contributed by atoms with Gasteiger partial charge in [0.15, 0.2) is 0 Å². The Balaban J connectivity index is 1.53.